The third-order valence-electron chi connectivity index (χ3n) is 2.69. The molecule has 0 radical (unpaired) electrons. The number of hydrogen-bond donors (Lipinski definition) is 2. The summed E-state index contributed by atoms with van der Waals surface area (Å²) in [4.78, 5) is 29.3. The van der Waals surface area contributed by atoms with E-state index < -0.39 is 22.6 Å². The highest BCUT2D eigenvalue weighted by Crippen LogP contribution is 2.25. The van der Waals surface area contributed by atoms with E-state index in [2.05, 4.69) is 20.6 Å². The third-order valence-corrected chi connectivity index (χ3v) is 2.69. The maximum Gasteiger partial charge on any atom is 0.413 e. The standard InChI is InChI=1S/C15H16FN5O4/c1-15(2,3)25-14(22)20-12-7-4-9(8-17-12)18-13-10(21(23)24)5-6-11(16)19-13/h4-8H,1-3H3,(H,18,19)(H,17,20,22). The Balaban J connectivity index is 2.10. The number of carbonyl (C=O) groups excluding carboxylic acids is 1. The molecule has 0 aliphatic heterocycles. The van der Waals surface area contributed by atoms with Gasteiger partial charge in [0, 0.05) is 12.1 Å². The Kier molecular flexibility index (Phi) is 5.11. The number of nitrogens with one attached hydrogen (secondary N) is 2. The molecule has 132 valence electrons. The number of pyridine rings is 2. The van der Waals surface area contributed by atoms with E-state index in [-0.39, 0.29) is 17.3 Å². The zero-order chi connectivity index (χ0) is 18.6. The van der Waals surface area contributed by atoms with Gasteiger partial charge in [-0.3, -0.25) is 15.4 Å². The van der Waals surface area contributed by atoms with Crippen LogP contribution in [-0.4, -0.2) is 26.6 Å². The summed E-state index contributed by atoms with van der Waals surface area (Å²) in [7, 11) is 0. The Morgan fingerprint density at radius 2 is 2.00 bits per heavy atom. The van der Waals surface area contributed by atoms with E-state index in [1.54, 1.807) is 20.8 Å². The van der Waals surface area contributed by atoms with Gasteiger partial charge in [0.1, 0.15) is 11.4 Å². The number of aromatic nitrogens is 2. The molecule has 0 fully saturated rings. The van der Waals surface area contributed by atoms with Crippen LogP contribution in [0.1, 0.15) is 20.8 Å². The number of hydrogen-bond acceptors (Lipinski definition) is 7. The fraction of sp³-hybridized carbons (Fsp3) is 0.267. The van der Waals surface area contributed by atoms with Crippen molar-refractivity contribution in [2.45, 2.75) is 26.4 Å². The van der Waals surface area contributed by atoms with Crippen molar-refractivity contribution in [2.75, 3.05) is 10.6 Å². The Morgan fingerprint density at radius 1 is 1.28 bits per heavy atom. The molecule has 0 spiro atoms. The molecule has 0 aliphatic carbocycles. The molecule has 2 aromatic rings. The summed E-state index contributed by atoms with van der Waals surface area (Å²) in [6, 6.07) is 4.86. The molecule has 0 atom stereocenters. The molecule has 2 heterocycles. The largest absolute Gasteiger partial charge is 0.444 e. The van der Waals surface area contributed by atoms with Crippen molar-refractivity contribution < 1.29 is 18.8 Å². The van der Waals surface area contributed by atoms with Crippen molar-refractivity contribution in [1.29, 1.82) is 0 Å². The molecule has 9 nitrogen and oxygen atoms in total. The normalized spacial score (nSPS) is 10.9. The molecular weight excluding hydrogens is 333 g/mol. The van der Waals surface area contributed by atoms with Gasteiger partial charge in [-0.1, -0.05) is 0 Å². The minimum absolute atomic E-state index is 0.224. The first-order valence-electron chi connectivity index (χ1n) is 7.18. The molecule has 2 N–H and O–H groups in total. The van der Waals surface area contributed by atoms with E-state index in [1.165, 1.54) is 18.3 Å². The number of rotatable bonds is 4. The lowest BCUT2D eigenvalue weighted by Gasteiger charge is -2.19. The van der Waals surface area contributed by atoms with Crippen molar-refractivity contribution in [3.63, 3.8) is 0 Å². The van der Waals surface area contributed by atoms with Crippen molar-refractivity contribution in [2.24, 2.45) is 0 Å². The van der Waals surface area contributed by atoms with Gasteiger partial charge in [0.05, 0.1) is 16.8 Å². The van der Waals surface area contributed by atoms with Crippen LogP contribution >= 0.6 is 0 Å². The van der Waals surface area contributed by atoms with Crippen LogP contribution in [0.15, 0.2) is 30.5 Å². The van der Waals surface area contributed by atoms with Crippen molar-refractivity contribution in [3.8, 4) is 0 Å². The zero-order valence-corrected chi connectivity index (χ0v) is 13.7. The number of halogens is 1. The average Bonchev–Trinajstić information content (AvgIpc) is 2.47. The molecular formula is C15H16FN5O4. The highest BCUT2D eigenvalue weighted by Gasteiger charge is 2.18. The summed E-state index contributed by atoms with van der Waals surface area (Å²) in [5, 5.41) is 16.0. The Labute approximate surface area is 142 Å². The minimum atomic E-state index is -0.857. The second kappa shape index (κ2) is 7.07. The predicted molar refractivity (Wildman–Crippen MR) is 88.2 cm³/mol. The zero-order valence-electron chi connectivity index (χ0n) is 13.7. The first-order valence-corrected chi connectivity index (χ1v) is 7.18. The minimum Gasteiger partial charge on any atom is -0.444 e. The maximum absolute atomic E-state index is 13.2. The first-order chi connectivity index (χ1) is 11.6. The van der Waals surface area contributed by atoms with Crippen LogP contribution in [0.3, 0.4) is 0 Å². The van der Waals surface area contributed by atoms with E-state index in [0.29, 0.717) is 5.69 Å². The Bertz CT molecular complexity index is 789. The van der Waals surface area contributed by atoms with Crippen molar-refractivity contribution >= 4 is 29.1 Å². The monoisotopic (exact) mass is 349 g/mol. The van der Waals surface area contributed by atoms with Crippen LogP contribution in [0.25, 0.3) is 0 Å². The predicted octanol–water partition coefficient (Wildman–Crippen LogP) is 3.61. The summed E-state index contributed by atoms with van der Waals surface area (Å²) in [5.74, 6) is -0.884. The molecule has 0 saturated heterocycles. The molecule has 2 rings (SSSR count). The van der Waals surface area contributed by atoms with Crippen LogP contribution in [0.2, 0.25) is 0 Å². The van der Waals surface area contributed by atoms with E-state index in [4.69, 9.17) is 4.74 Å². The van der Waals surface area contributed by atoms with E-state index in [0.717, 1.165) is 12.1 Å². The van der Waals surface area contributed by atoms with Crippen molar-refractivity contribution in [3.05, 3.63) is 46.5 Å². The fourth-order valence-corrected chi connectivity index (χ4v) is 1.75. The molecule has 0 aromatic carbocycles. The van der Waals surface area contributed by atoms with Gasteiger partial charge in [0.2, 0.25) is 11.8 Å². The van der Waals surface area contributed by atoms with Gasteiger partial charge in [-0.15, -0.1) is 0 Å². The molecule has 25 heavy (non-hydrogen) atoms. The lowest BCUT2D eigenvalue weighted by Crippen LogP contribution is -2.27. The number of ether oxygens (including phenoxy) is 1. The van der Waals surface area contributed by atoms with Crippen molar-refractivity contribution in [1.82, 2.24) is 9.97 Å². The summed E-state index contributed by atoms with van der Waals surface area (Å²) < 4.78 is 18.3. The smallest absolute Gasteiger partial charge is 0.413 e. The van der Waals surface area contributed by atoms with Gasteiger partial charge >= 0.3 is 11.8 Å². The highest BCUT2D eigenvalue weighted by molar-refractivity contribution is 5.83. The second-order valence-electron chi connectivity index (χ2n) is 5.94. The number of carbonyl (C=O) groups is 1. The quantitative estimate of drug-likeness (QED) is 0.491. The topological polar surface area (TPSA) is 119 Å². The van der Waals surface area contributed by atoms with Crippen LogP contribution in [0.5, 0.6) is 0 Å². The van der Waals surface area contributed by atoms with Crippen LogP contribution < -0.4 is 10.6 Å². The lowest BCUT2D eigenvalue weighted by molar-refractivity contribution is -0.384. The highest BCUT2D eigenvalue weighted by atomic mass is 19.1. The number of anilines is 3. The Morgan fingerprint density at radius 3 is 2.56 bits per heavy atom. The van der Waals surface area contributed by atoms with E-state index in [1.807, 2.05) is 0 Å². The fourth-order valence-electron chi connectivity index (χ4n) is 1.75. The van der Waals surface area contributed by atoms with Crippen LogP contribution in [0.4, 0.5) is 32.2 Å². The van der Waals surface area contributed by atoms with Gasteiger partial charge in [-0.25, -0.2) is 9.78 Å². The van der Waals surface area contributed by atoms with E-state index in [9.17, 15) is 19.3 Å². The molecule has 10 heteroatoms. The molecule has 0 saturated carbocycles. The molecule has 0 aliphatic rings. The van der Waals surface area contributed by atoms with E-state index >= 15 is 0 Å². The van der Waals surface area contributed by atoms with Gasteiger partial charge in [0.15, 0.2) is 0 Å². The third kappa shape index (κ3) is 5.37. The summed E-state index contributed by atoms with van der Waals surface area (Å²) in [6.45, 7) is 5.18. The molecule has 0 bridgehead atoms. The average molecular weight is 349 g/mol. The van der Waals surface area contributed by atoms with Gasteiger partial charge in [-0.2, -0.15) is 9.37 Å². The molecule has 0 unspecified atom stereocenters. The SMILES string of the molecule is CC(C)(C)OC(=O)Nc1ccc(Nc2nc(F)ccc2[N+](=O)[O-])cn1. The second-order valence-corrected chi connectivity index (χ2v) is 5.94. The maximum atomic E-state index is 13.2. The summed E-state index contributed by atoms with van der Waals surface area (Å²) >= 11 is 0. The van der Waals surface area contributed by atoms with Crippen LogP contribution in [-0.2, 0) is 4.74 Å². The summed E-state index contributed by atoms with van der Waals surface area (Å²) in [6.07, 6.45) is 0.645. The first kappa shape index (κ1) is 18.0. The van der Waals surface area contributed by atoms with Gasteiger partial charge < -0.3 is 10.1 Å². The van der Waals surface area contributed by atoms with Crippen LogP contribution in [0, 0.1) is 16.1 Å². The molecule has 1 amide bonds. The Hall–Kier alpha value is -3.30. The number of nitro groups is 1. The molecule has 2 aromatic heterocycles. The van der Waals surface area contributed by atoms with Gasteiger partial charge in [0.25, 0.3) is 0 Å². The number of nitrogens with zero attached hydrogens (tertiary/aromatic N) is 3. The van der Waals surface area contributed by atoms with Gasteiger partial charge in [-0.05, 0) is 32.9 Å². The summed E-state index contributed by atoms with van der Waals surface area (Å²) in [5.41, 5.74) is -0.693. The number of amides is 1. The lowest BCUT2D eigenvalue weighted by atomic mass is 10.2.